The predicted octanol–water partition coefficient (Wildman–Crippen LogP) is 2.06. The van der Waals surface area contributed by atoms with E-state index in [4.69, 9.17) is 0 Å². The van der Waals surface area contributed by atoms with Gasteiger partial charge in [-0.25, -0.2) is 4.68 Å². The fourth-order valence-electron chi connectivity index (χ4n) is 1.09. The molecule has 0 aliphatic rings. The van der Waals surface area contributed by atoms with Gasteiger partial charge in [-0.3, -0.25) is 4.79 Å². The smallest absolute Gasteiger partial charge is 0.246 e. The first-order chi connectivity index (χ1) is 6.43. The van der Waals surface area contributed by atoms with E-state index in [-0.39, 0.29) is 11.9 Å². The van der Waals surface area contributed by atoms with Gasteiger partial charge >= 0.3 is 0 Å². The lowest BCUT2D eigenvalue weighted by molar-refractivity contribution is -0.132. The molecule has 6 heteroatoms. The van der Waals surface area contributed by atoms with E-state index in [0.717, 1.165) is 4.60 Å². The molecule has 0 aromatic carbocycles. The lowest BCUT2D eigenvalue weighted by Gasteiger charge is -2.17. The van der Waals surface area contributed by atoms with Crippen molar-refractivity contribution in [2.45, 2.75) is 13.0 Å². The highest BCUT2D eigenvalue weighted by atomic mass is 79.9. The summed E-state index contributed by atoms with van der Waals surface area (Å²) in [5, 5.41) is 4.15. The van der Waals surface area contributed by atoms with Crippen LogP contribution in [0.5, 0.6) is 0 Å². The van der Waals surface area contributed by atoms with Gasteiger partial charge in [0.2, 0.25) is 5.91 Å². The molecule has 0 bridgehead atoms. The van der Waals surface area contributed by atoms with Gasteiger partial charge in [0.15, 0.2) is 0 Å². The van der Waals surface area contributed by atoms with Crippen molar-refractivity contribution in [2.75, 3.05) is 14.1 Å². The van der Waals surface area contributed by atoms with Crippen molar-refractivity contribution >= 4 is 37.8 Å². The zero-order chi connectivity index (χ0) is 10.9. The zero-order valence-electron chi connectivity index (χ0n) is 8.16. The molecule has 0 aliphatic carbocycles. The van der Waals surface area contributed by atoms with E-state index in [1.807, 2.05) is 6.92 Å². The largest absolute Gasteiger partial charge is 0.347 e. The minimum absolute atomic E-state index is 0.0151. The number of hydrogen-bond donors (Lipinski definition) is 0. The van der Waals surface area contributed by atoms with Gasteiger partial charge in [-0.2, -0.15) is 5.10 Å². The summed E-state index contributed by atoms with van der Waals surface area (Å²) in [7, 11) is 3.45. The van der Waals surface area contributed by atoms with Gasteiger partial charge in [0, 0.05) is 20.2 Å². The molecule has 0 aliphatic heterocycles. The van der Waals surface area contributed by atoms with Crippen LogP contribution in [0.25, 0.3) is 0 Å². The van der Waals surface area contributed by atoms with Gasteiger partial charge in [0.25, 0.3) is 0 Å². The maximum absolute atomic E-state index is 11.6. The SMILES string of the molecule is CC(C(=O)N(C)C)n1nc(Br)cc1Br. The lowest BCUT2D eigenvalue weighted by atomic mass is 10.3. The Hall–Kier alpha value is -0.360. The van der Waals surface area contributed by atoms with E-state index in [9.17, 15) is 4.79 Å². The monoisotopic (exact) mass is 323 g/mol. The highest BCUT2D eigenvalue weighted by molar-refractivity contribution is 9.11. The zero-order valence-corrected chi connectivity index (χ0v) is 11.3. The predicted molar refractivity (Wildman–Crippen MR) is 61.0 cm³/mol. The van der Waals surface area contributed by atoms with E-state index >= 15 is 0 Å². The normalized spacial score (nSPS) is 12.6. The summed E-state index contributed by atoms with van der Waals surface area (Å²) in [6.45, 7) is 1.81. The quantitative estimate of drug-likeness (QED) is 0.835. The molecule has 4 nitrogen and oxygen atoms in total. The summed E-state index contributed by atoms with van der Waals surface area (Å²) in [4.78, 5) is 13.2. The summed E-state index contributed by atoms with van der Waals surface area (Å²) in [5.74, 6) is 0.0151. The minimum atomic E-state index is -0.300. The van der Waals surface area contributed by atoms with Crippen LogP contribution in [-0.2, 0) is 4.79 Å². The number of aromatic nitrogens is 2. The van der Waals surface area contributed by atoms with Crippen LogP contribution in [0.1, 0.15) is 13.0 Å². The Morgan fingerprint density at radius 1 is 1.57 bits per heavy atom. The van der Waals surface area contributed by atoms with Crippen molar-refractivity contribution in [3.8, 4) is 0 Å². The van der Waals surface area contributed by atoms with Gasteiger partial charge in [0.1, 0.15) is 15.2 Å². The van der Waals surface area contributed by atoms with Crippen molar-refractivity contribution in [2.24, 2.45) is 0 Å². The molecule has 1 aromatic rings. The summed E-state index contributed by atoms with van der Waals surface area (Å²) in [6, 6.07) is 1.50. The highest BCUT2D eigenvalue weighted by Gasteiger charge is 2.19. The molecule has 1 rings (SSSR count). The molecule has 14 heavy (non-hydrogen) atoms. The number of likely N-dealkylation sites (N-methyl/N-ethyl adjacent to an activating group) is 1. The lowest BCUT2D eigenvalue weighted by Crippen LogP contribution is -2.30. The molecule has 0 spiro atoms. The average molecular weight is 325 g/mol. The molecule has 0 saturated carbocycles. The third kappa shape index (κ3) is 2.36. The van der Waals surface area contributed by atoms with Crippen molar-refractivity contribution in [1.29, 1.82) is 0 Å². The molecule has 1 aromatic heterocycles. The van der Waals surface area contributed by atoms with E-state index < -0.39 is 0 Å². The number of amides is 1. The fraction of sp³-hybridized carbons (Fsp3) is 0.500. The van der Waals surface area contributed by atoms with Crippen LogP contribution in [0, 0.1) is 0 Å². The van der Waals surface area contributed by atoms with Gasteiger partial charge in [-0.15, -0.1) is 0 Å². The van der Waals surface area contributed by atoms with Gasteiger partial charge in [-0.05, 0) is 38.8 Å². The fourth-order valence-corrected chi connectivity index (χ4v) is 2.39. The number of rotatable bonds is 2. The molecule has 1 amide bonds. The molecule has 0 N–H and O–H groups in total. The third-order valence-electron chi connectivity index (χ3n) is 1.83. The Morgan fingerprint density at radius 3 is 2.50 bits per heavy atom. The Morgan fingerprint density at radius 2 is 2.14 bits per heavy atom. The summed E-state index contributed by atoms with van der Waals surface area (Å²) < 4.78 is 3.13. The molecule has 0 fully saturated rings. The third-order valence-corrected chi connectivity index (χ3v) is 2.81. The molecule has 0 saturated heterocycles. The topological polar surface area (TPSA) is 38.1 Å². The first-order valence-corrected chi connectivity index (χ1v) is 5.63. The van der Waals surface area contributed by atoms with Crippen LogP contribution >= 0.6 is 31.9 Å². The van der Waals surface area contributed by atoms with Crippen LogP contribution in [0.15, 0.2) is 15.3 Å². The molecule has 0 radical (unpaired) electrons. The average Bonchev–Trinajstić information content (AvgIpc) is 2.42. The molecule has 1 atom stereocenters. The molecule has 1 unspecified atom stereocenters. The van der Waals surface area contributed by atoms with Gasteiger partial charge in [-0.1, -0.05) is 0 Å². The Labute approximate surface area is 99.5 Å². The maximum Gasteiger partial charge on any atom is 0.246 e. The van der Waals surface area contributed by atoms with E-state index in [0.29, 0.717) is 4.60 Å². The molecular weight excluding hydrogens is 314 g/mol. The minimum Gasteiger partial charge on any atom is -0.347 e. The van der Waals surface area contributed by atoms with Gasteiger partial charge in [0.05, 0.1) is 0 Å². The number of halogens is 2. The second kappa shape index (κ2) is 4.44. The van der Waals surface area contributed by atoms with Crippen molar-refractivity contribution in [3.05, 3.63) is 15.3 Å². The number of hydrogen-bond acceptors (Lipinski definition) is 2. The molecule has 78 valence electrons. The van der Waals surface area contributed by atoms with E-state index in [2.05, 4.69) is 37.0 Å². The summed E-state index contributed by atoms with van der Waals surface area (Å²) in [5.41, 5.74) is 0. The van der Waals surface area contributed by atoms with Crippen LogP contribution in [0.3, 0.4) is 0 Å². The second-order valence-corrected chi connectivity index (χ2v) is 4.77. The first kappa shape index (κ1) is 11.7. The van der Waals surface area contributed by atoms with E-state index in [1.54, 1.807) is 29.7 Å². The van der Waals surface area contributed by atoms with Crippen LogP contribution in [-0.4, -0.2) is 34.7 Å². The van der Waals surface area contributed by atoms with Crippen LogP contribution in [0.4, 0.5) is 0 Å². The van der Waals surface area contributed by atoms with Crippen molar-refractivity contribution < 1.29 is 4.79 Å². The molecule has 1 heterocycles. The summed E-state index contributed by atoms with van der Waals surface area (Å²) >= 11 is 6.59. The summed E-state index contributed by atoms with van der Waals surface area (Å²) in [6.07, 6.45) is 0. The van der Waals surface area contributed by atoms with E-state index in [1.165, 1.54) is 0 Å². The van der Waals surface area contributed by atoms with Crippen molar-refractivity contribution in [3.63, 3.8) is 0 Å². The standard InChI is InChI=1S/C8H11Br2N3O/c1-5(8(14)12(2)3)13-7(10)4-6(9)11-13/h4-5H,1-3H3. The van der Waals surface area contributed by atoms with Gasteiger partial charge < -0.3 is 4.90 Å². The number of nitrogens with zero attached hydrogens (tertiary/aromatic N) is 3. The van der Waals surface area contributed by atoms with Crippen molar-refractivity contribution in [1.82, 2.24) is 14.7 Å². The molecular formula is C8H11Br2N3O. The highest BCUT2D eigenvalue weighted by Crippen LogP contribution is 2.21. The number of carbonyl (C=O) groups excluding carboxylic acids is 1. The Bertz CT molecular complexity index is 348. The Kier molecular flexibility index (Phi) is 3.71. The second-order valence-electron chi connectivity index (χ2n) is 3.14. The number of carbonyl (C=O) groups is 1. The van der Waals surface area contributed by atoms with Crippen LogP contribution in [0.2, 0.25) is 0 Å². The van der Waals surface area contributed by atoms with Crippen LogP contribution < -0.4 is 0 Å². The Balaban J connectivity index is 2.94. The first-order valence-electron chi connectivity index (χ1n) is 4.05. The maximum atomic E-state index is 11.6.